The van der Waals surface area contributed by atoms with Crippen LogP contribution in [-0.4, -0.2) is 58.7 Å². The Labute approximate surface area is 176 Å². The van der Waals surface area contributed by atoms with Gasteiger partial charge in [0.05, 0.1) is 6.61 Å². The van der Waals surface area contributed by atoms with Crippen molar-refractivity contribution in [1.29, 1.82) is 0 Å². The van der Waals surface area contributed by atoms with E-state index in [0.717, 1.165) is 0 Å². The third kappa shape index (κ3) is 11.8. The van der Waals surface area contributed by atoms with Gasteiger partial charge in [0, 0.05) is 5.57 Å². The average molecular weight is 467 g/mol. The van der Waals surface area contributed by atoms with Gasteiger partial charge in [-0.15, -0.1) is 0 Å². The van der Waals surface area contributed by atoms with Crippen molar-refractivity contribution in [3.63, 3.8) is 0 Å². The van der Waals surface area contributed by atoms with E-state index >= 15 is 0 Å². The predicted octanol–water partition coefficient (Wildman–Crippen LogP) is 4.93. The van der Waals surface area contributed by atoms with Crippen molar-refractivity contribution in [2.24, 2.45) is 0 Å². The van der Waals surface area contributed by atoms with Gasteiger partial charge in [0.15, 0.2) is 25.0 Å². The van der Waals surface area contributed by atoms with E-state index < -0.39 is 39.7 Å². The third-order valence-corrected chi connectivity index (χ3v) is 15.2. The van der Waals surface area contributed by atoms with Crippen molar-refractivity contribution in [1.82, 2.24) is 0 Å². The summed E-state index contributed by atoms with van der Waals surface area (Å²) in [5.74, 6) is -0.407. The quantitative estimate of drug-likeness (QED) is 0.166. The third-order valence-electron chi connectivity index (χ3n) is 3.09. The summed E-state index contributed by atoms with van der Waals surface area (Å²) in [6.45, 7) is 27.1. The molecule has 0 aliphatic rings. The first-order chi connectivity index (χ1) is 12.4. The molecule has 0 radical (unpaired) electrons. The summed E-state index contributed by atoms with van der Waals surface area (Å²) in [7, 11) is -9.04. The van der Waals surface area contributed by atoms with E-state index in [4.69, 9.17) is 21.8 Å². The van der Waals surface area contributed by atoms with E-state index in [2.05, 4.69) is 72.4 Å². The van der Waals surface area contributed by atoms with Gasteiger partial charge in [-0.25, -0.2) is 4.79 Å². The van der Waals surface area contributed by atoms with Gasteiger partial charge in [-0.3, -0.25) is 0 Å². The lowest BCUT2D eigenvalue weighted by Crippen LogP contribution is -2.67. The summed E-state index contributed by atoms with van der Waals surface area (Å²) in [4.78, 5) is 11.6. The highest BCUT2D eigenvalue weighted by molar-refractivity contribution is 6.90. The predicted molar refractivity (Wildman–Crippen MR) is 125 cm³/mol. The molecule has 28 heavy (non-hydrogen) atoms. The highest BCUT2D eigenvalue weighted by atomic mass is 28.5. The summed E-state index contributed by atoms with van der Waals surface area (Å²) < 4.78 is 31.4. The molecule has 0 rings (SSSR count). The minimum atomic E-state index is -3.13. The lowest BCUT2D eigenvalue weighted by Gasteiger charge is -2.46. The summed E-state index contributed by atoms with van der Waals surface area (Å²) >= 11 is 0. The Morgan fingerprint density at radius 2 is 1.21 bits per heavy atom. The molecule has 0 aromatic carbocycles. The normalized spacial score (nSPS) is 14.7. The number of rotatable bonds is 13. The summed E-state index contributed by atoms with van der Waals surface area (Å²) in [5, 5.41) is 0. The molecular weight excluding hydrogens is 425 g/mol. The molecule has 0 aliphatic heterocycles. The smallest absolute Gasteiger partial charge is 0.460 e. The maximum absolute atomic E-state index is 11.6. The van der Waals surface area contributed by atoms with Crippen molar-refractivity contribution in [3.8, 4) is 0 Å². The van der Waals surface area contributed by atoms with Gasteiger partial charge in [0.1, 0.15) is 12.3 Å². The molecule has 0 spiro atoms. The molecule has 0 bridgehead atoms. The number of hydrogen-bond acceptors (Lipinski definition) is 6. The van der Waals surface area contributed by atoms with Crippen molar-refractivity contribution in [2.75, 3.05) is 13.2 Å². The van der Waals surface area contributed by atoms with Gasteiger partial charge in [-0.2, -0.15) is 0 Å². The Balaban J connectivity index is 5.65. The van der Waals surface area contributed by atoms with E-state index in [1.807, 2.05) is 0 Å². The molecule has 0 N–H and O–H groups in total. The first-order valence-corrected chi connectivity index (χ1v) is 22.0. The molecule has 1 unspecified atom stereocenters. The molecular formula is C18H42O6Si4. The first kappa shape index (κ1) is 27.9. The topological polar surface area (TPSA) is 63.2 Å². The Kier molecular flexibility index (Phi) is 10.8. The molecule has 10 heteroatoms. The lowest BCUT2D eigenvalue weighted by molar-refractivity contribution is -0.140. The number of hydrogen-bond donors (Lipinski definition) is 0. The lowest BCUT2D eigenvalue weighted by atomic mass is 10.4. The van der Waals surface area contributed by atoms with E-state index in [1.54, 1.807) is 6.92 Å². The van der Waals surface area contributed by atoms with E-state index in [-0.39, 0.29) is 18.9 Å². The van der Waals surface area contributed by atoms with Gasteiger partial charge < -0.3 is 21.8 Å². The van der Waals surface area contributed by atoms with Gasteiger partial charge in [0.2, 0.25) is 0 Å². The van der Waals surface area contributed by atoms with Crippen molar-refractivity contribution >= 4 is 39.7 Å². The van der Waals surface area contributed by atoms with Crippen LogP contribution in [0.1, 0.15) is 20.3 Å². The Bertz CT molecular complexity index is 479. The van der Waals surface area contributed by atoms with Crippen LogP contribution in [0.25, 0.3) is 0 Å². The second-order valence-electron chi connectivity index (χ2n) is 9.93. The molecule has 6 nitrogen and oxygen atoms in total. The molecule has 1 atom stereocenters. The Morgan fingerprint density at radius 1 is 0.821 bits per heavy atom. The highest BCUT2D eigenvalue weighted by Gasteiger charge is 2.56. The highest BCUT2D eigenvalue weighted by Crippen LogP contribution is 2.31. The second kappa shape index (κ2) is 10.8. The fourth-order valence-corrected chi connectivity index (χ4v) is 16.7. The van der Waals surface area contributed by atoms with Gasteiger partial charge >= 0.3 is 14.8 Å². The van der Waals surface area contributed by atoms with E-state index in [9.17, 15) is 4.79 Å². The van der Waals surface area contributed by atoms with Crippen LogP contribution in [0.4, 0.5) is 0 Å². The van der Waals surface area contributed by atoms with Crippen molar-refractivity contribution in [3.05, 3.63) is 12.2 Å². The molecule has 0 aromatic heterocycles. The standard InChI is InChI=1S/C18H42O6Si4/c1-13-17(20-14-15-21-18(19)16(2)3)28(22-25(4,5)6,23-26(7,8)9)24-27(10,11)12/h17H,2,13-15H2,1,3-12H3. The minimum absolute atomic E-state index is 0.166. The van der Waals surface area contributed by atoms with Crippen LogP contribution >= 0.6 is 0 Å². The largest absolute Gasteiger partial charge is 0.500 e. The number of carbonyl (C=O) groups is 1. The fourth-order valence-electron chi connectivity index (χ4n) is 2.46. The molecule has 0 fully saturated rings. The SMILES string of the molecule is C=C(C)C(=O)OCCOC(CC)[Si](O[Si](C)(C)C)(O[Si](C)(C)C)O[Si](C)(C)C. The van der Waals surface area contributed by atoms with Crippen LogP contribution in [-0.2, 0) is 26.6 Å². The molecule has 0 heterocycles. The maximum Gasteiger partial charge on any atom is 0.500 e. The van der Waals surface area contributed by atoms with E-state index in [0.29, 0.717) is 12.0 Å². The van der Waals surface area contributed by atoms with Crippen LogP contribution in [0.3, 0.4) is 0 Å². The zero-order valence-corrected chi connectivity index (χ0v) is 23.9. The van der Waals surface area contributed by atoms with Gasteiger partial charge in [-0.1, -0.05) is 13.5 Å². The Hall–Kier alpha value is -0.0825. The molecule has 0 saturated carbocycles. The molecule has 166 valence electrons. The average Bonchev–Trinajstić information content (AvgIpc) is 2.40. The Morgan fingerprint density at radius 3 is 1.50 bits per heavy atom. The zero-order valence-electron chi connectivity index (χ0n) is 19.9. The van der Waals surface area contributed by atoms with Crippen LogP contribution in [0.5, 0.6) is 0 Å². The summed E-state index contributed by atoms with van der Waals surface area (Å²) in [6, 6.07) is 0. The maximum atomic E-state index is 11.6. The van der Waals surface area contributed by atoms with Crippen LogP contribution in [0, 0.1) is 0 Å². The number of carbonyl (C=O) groups excluding carboxylic acids is 1. The summed E-state index contributed by atoms with van der Waals surface area (Å²) in [6.07, 6.45) is 0.708. The summed E-state index contributed by atoms with van der Waals surface area (Å²) in [5.41, 5.74) is 0.0863. The van der Waals surface area contributed by atoms with Crippen LogP contribution in [0.15, 0.2) is 12.2 Å². The number of ether oxygens (including phenoxy) is 2. The molecule has 0 amide bonds. The minimum Gasteiger partial charge on any atom is -0.460 e. The van der Waals surface area contributed by atoms with Gasteiger partial charge in [-0.05, 0) is 72.3 Å². The van der Waals surface area contributed by atoms with Crippen LogP contribution < -0.4 is 0 Å². The van der Waals surface area contributed by atoms with Crippen molar-refractivity contribution in [2.45, 2.75) is 84.9 Å². The fraction of sp³-hybridized carbons (Fsp3) is 0.833. The zero-order chi connectivity index (χ0) is 22.4. The molecule has 0 aromatic rings. The van der Waals surface area contributed by atoms with E-state index in [1.165, 1.54) is 0 Å². The molecule has 0 saturated heterocycles. The number of esters is 1. The molecule has 0 aliphatic carbocycles. The van der Waals surface area contributed by atoms with Crippen LogP contribution in [0.2, 0.25) is 58.9 Å². The first-order valence-electron chi connectivity index (χ1n) is 9.95. The second-order valence-corrected chi connectivity index (χ2v) is 26.9. The van der Waals surface area contributed by atoms with Gasteiger partial charge in [0.25, 0.3) is 0 Å². The van der Waals surface area contributed by atoms with Crippen molar-refractivity contribution < 1.29 is 26.6 Å². The monoisotopic (exact) mass is 466 g/mol.